The van der Waals surface area contributed by atoms with Crippen LogP contribution in [0, 0.1) is 13.8 Å². The van der Waals surface area contributed by atoms with Crippen molar-refractivity contribution in [3.8, 4) is 0 Å². The Bertz CT molecular complexity index is 754. The fourth-order valence-electron chi connectivity index (χ4n) is 2.02. The zero-order valence-electron chi connectivity index (χ0n) is 12.4. The highest BCUT2D eigenvalue weighted by atomic mass is 32.2. The van der Waals surface area contributed by atoms with Crippen molar-refractivity contribution in [2.45, 2.75) is 19.6 Å². The van der Waals surface area contributed by atoms with Gasteiger partial charge in [-0.15, -0.1) is 0 Å². The molecule has 0 saturated carbocycles. The SMILES string of the molecule is Cc1cc(C)nc(NC(=O)CS(=O)(=O)Cc2ccccc2)n1. The monoisotopic (exact) mass is 319 g/mol. The zero-order valence-corrected chi connectivity index (χ0v) is 13.2. The van der Waals surface area contributed by atoms with Crippen molar-refractivity contribution < 1.29 is 13.2 Å². The van der Waals surface area contributed by atoms with E-state index in [1.165, 1.54) is 0 Å². The summed E-state index contributed by atoms with van der Waals surface area (Å²) in [5.41, 5.74) is 2.06. The Labute approximate surface area is 129 Å². The molecule has 22 heavy (non-hydrogen) atoms. The molecule has 0 bridgehead atoms. The highest BCUT2D eigenvalue weighted by Gasteiger charge is 2.18. The molecule has 0 spiro atoms. The van der Waals surface area contributed by atoms with Crippen LogP contribution in [0.4, 0.5) is 5.95 Å². The lowest BCUT2D eigenvalue weighted by atomic mass is 10.2. The summed E-state index contributed by atoms with van der Waals surface area (Å²) in [4.78, 5) is 20.0. The number of nitrogens with one attached hydrogen (secondary N) is 1. The predicted molar refractivity (Wildman–Crippen MR) is 84.1 cm³/mol. The number of rotatable bonds is 5. The Hall–Kier alpha value is -2.28. The van der Waals surface area contributed by atoms with Crippen molar-refractivity contribution in [2.75, 3.05) is 11.1 Å². The van der Waals surface area contributed by atoms with Gasteiger partial charge < -0.3 is 0 Å². The van der Waals surface area contributed by atoms with Crippen molar-refractivity contribution in [1.29, 1.82) is 0 Å². The summed E-state index contributed by atoms with van der Waals surface area (Å²) in [7, 11) is -3.54. The van der Waals surface area contributed by atoms with E-state index >= 15 is 0 Å². The van der Waals surface area contributed by atoms with Gasteiger partial charge in [0.2, 0.25) is 11.9 Å². The zero-order chi connectivity index (χ0) is 16.2. The van der Waals surface area contributed by atoms with E-state index in [-0.39, 0.29) is 11.7 Å². The van der Waals surface area contributed by atoms with E-state index in [1.54, 1.807) is 50.2 Å². The maximum Gasteiger partial charge on any atom is 0.241 e. The van der Waals surface area contributed by atoms with Crippen LogP contribution in [0.5, 0.6) is 0 Å². The molecule has 116 valence electrons. The van der Waals surface area contributed by atoms with Crippen molar-refractivity contribution in [3.63, 3.8) is 0 Å². The van der Waals surface area contributed by atoms with Crippen LogP contribution in [-0.2, 0) is 20.4 Å². The summed E-state index contributed by atoms with van der Waals surface area (Å²) in [6.07, 6.45) is 0. The number of carbonyl (C=O) groups is 1. The van der Waals surface area contributed by atoms with Crippen LogP contribution in [0.1, 0.15) is 17.0 Å². The minimum absolute atomic E-state index is 0.123. The molecule has 0 aliphatic carbocycles. The standard InChI is InChI=1S/C15H17N3O3S/c1-11-8-12(2)17-15(16-11)18-14(19)10-22(20,21)9-13-6-4-3-5-7-13/h3-8H,9-10H2,1-2H3,(H,16,17,18,19). The van der Waals surface area contributed by atoms with Crippen LogP contribution < -0.4 is 5.32 Å². The van der Waals surface area contributed by atoms with Gasteiger partial charge in [-0.1, -0.05) is 30.3 Å². The molecule has 0 aliphatic rings. The van der Waals surface area contributed by atoms with Gasteiger partial charge in [0.05, 0.1) is 5.75 Å². The van der Waals surface area contributed by atoms with Crippen LogP contribution in [0.15, 0.2) is 36.4 Å². The van der Waals surface area contributed by atoms with Gasteiger partial charge in [-0.3, -0.25) is 10.1 Å². The van der Waals surface area contributed by atoms with Gasteiger partial charge in [0.1, 0.15) is 5.75 Å². The number of hydrogen-bond donors (Lipinski definition) is 1. The van der Waals surface area contributed by atoms with Crippen LogP contribution in [0.25, 0.3) is 0 Å². The van der Waals surface area contributed by atoms with Crippen LogP contribution >= 0.6 is 0 Å². The molecule has 0 fully saturated rings. The predicted octanol–water partition coefficient (Wildman–Crippen LogP) is 1.65. The Balaban J connectivity index is 2.01. The molecule has 0 unspecified atom stereocenters. The molecule has 2 aromatic rings. The topological polar surface area (TPSA) is 89.0 Å². The Morgan fingerprint density at radius 3 is 2.27 bits per heavy atom. The number of nitrogens with zero attached hydrogens (tertiary/aromatic N) is 2. The number of sulfone groups is 1. The molecule has 1 heterocycles. The van der Waals surface area contributed by atoms with Crippen molar-refractivity contribution in [2.24, 2.45) is 0 Å². The van der Waals surface area contributed by atoms with Crippen LogP contribution in [0.3, 0.4) is 0 Å². The molecule has 0 radical (unpaired) electrons. The van der Waals surface area contributed by atoms with Gasteiger partial charge in [0.25, 0.3) is 0 Å². The van der Waals surface area contributed by atoms with Gasteiger partial charge in [-0.05, 0) is 25.5 Å². The van der Waals surface area contributed by atoms with E-state index in [1.807, 2.05) is 0 Å². The molecule has 7 heteroatoms. The summed E-state index contributed by atoms with van der Waals surface area (Å²) in [5, 5.41) is 2.43. The number of carbonyl (C=O) groups excluding carboxylic acids is 1. The van der Waals surface area contributed by atoms with E-state index in [0.29, 0.717) is 17.0 Å². The van der Waals surface area contributed by atoms with Gasteiger partial charge >= 0.3 is 0 Å². The summed E-state index contributed by atoms with van der Waals surface area (Å²) < 4.78 is 24.1. The van der Waals surface area contributed by atoms with Gasteiger partial charge in [0.15, 0.2) is 9.84 Å². The fourth-order valence-corrected chi connectivity index (χ4v) is 3.30. The lowest BCUT2D eigenvalue weighted by Gasteiger charge is -2.06. The Morgan fingerprint density at radius 1 is 1.09 bits per heavy atom. The molecule has 0 saturated heterocycles. The molecule has 1 aromatic carbocycles. The van der Waals surface area contributed by atoms with Crippen molar-refractivity contribution >= 4 is 21.7 Å². The minimum Gasteiger partial charge on any atom is -0.294 e. The molecule has 1 amide bonds. The first-order valence-corrected chi connectivity index (χ1v) is 8.53. The fraction of sp³-hybridized carbons (Fsp3) is 0.267. The van der Waals surface area contributed by atoms with Gasteiger partial charge in [-0.2, -0.15) is 0 Å². The van der Waals surface area contributed by atoms with Crippen LogP contribution in [-0.4, -0.2) is 30.0 Å². The highest BCUT2D eigenvalue weighted by Crippen LogP contribution is 2.08. The van der Waals surface area contributed by atoms with E-state index < -0.39 is 21.5 Å². The minimum atomic E-state index is -3.54. The summed E-state index contributed by atoms with van der Waals surface area (Å²) in [6.45, 7) is 3.55. The second-order valence-corrected chi connectivity index (χ2v) is 7.10. The lowest BCUT2D eigenvalue weighted by molar-refractivity contribution is -0.113. The van der Waals surface area contributed by atoms with Crippen molar-refractivity contribution in [3.05, 3.63) is 53.3 Å². The third-order valence-corrected chi connectivity index (χ3v) is 4.29. The third-order valence-electron chi connectivity index (χ3n) is 2.81. The second-order valence-electron chi connectivity index (χ2n) is 5.04. The Morgan fingerprint density at radius 2 is 1.68 bits per heavy atom. The first-order chi connectivity index (χ1) is 10.3. The summed E-state index contributed by atoms with van der Waals surface area (Å²) in [5.74, 6) is -1.29. The maximum absolute atomic E-state index is 12.0. The average molecular weight is 319 g/mol. The maximum atomic E-state index is 12.0. The number of amides is 1. The first-order valence-electron chi connectivity index (χ1n) is 6.70. The van der Waals surface area contributed by atoms with Gasteiger partial charge in [0, 0.05) is 11.4 Å². The third kappa shape index (κ3) is 4.92. The van der Waals surface area contributed by atoms with Crippen molar-refractivity contribution in [1.82, 2.24) is 9.97 Å². The largest absolute Gasteiger partial charge is 0.294 e. The number of aromatic nitrogens is 2. The van der Waals surface area contributed by atoms with E-state index in [4.69, 9.17) is 0 Å². The molecule has 0 aliphatic heterocycles. The molecule has 0 atom stereocenters. The number of benzene rings is 1. The number of aryl methyl sites for hydroxylation is 2. The second kappa shape index (κ2) is 6.65. The van der Waals surface area contributed by atoms with Gasteiger partial charge in [-0.25, -0.2) is 18.4 Å². The van der Waals surface area contributed by atoms with E-state index in [0.717, 1.165) is 0 Å². The molecular formula is C15H17N3O3S. The summed E-state index contributed by atoms with van der Waals surface area (Å²) >= 11 is 0. The number of anilines is 1. The molecular weight excluding hydrogens is 302 g/mol. The first kappa shape index (κ1) is 16.1. The normalized spacial score (nSPS) is 11.2. The van der Waals surface area contributed by atoms with E-state index in [9.17, 15) is 13.2 Å². The Kier molecular flexibility index (Phi) is 4.87. The molecule has 1 aromatic heterocycles. The van der Waals surface area contributed by atoms with Crippen LogP contribution in [0.2, 0.25) is 0 Å². The smallest absolute Gasteiger partial charge is 0.241 e. The molecule has 2 rings (SSSR count). The average Bonchev–Trinajstić information content (AvgIpc) is 2.36. The highest BCUT2D eigenvalue weighted by molar-refractivity contribution is 7.91. The summed E-state index contributed by atoms with van der Waals surface area (Å²) in [6, 6.07) is 10.5. The van der Waals surface area contributed by atoms with E-state index in [2.05, 4.69) is 15.3 Å². The molecule has 6 nitrogen and oxygen atoms in total. The quantitative estimate of drug-likeness (QED) is 0.905. The number of hydrogen-bond acceptors (Lipinski definition) is 5. The molecule has 1 N–H and O–H groups in total. The lowest BCUT2D eigenvalue weighted by Crippen LogP contribution is -2.25.